The number of rotatable bonds is 2. The molecule has 29 heavy (non-hydrogen) atoms. The summed E-state index contributed by atoms with van der Waals surface area (Å²) in [5, 5.41) is 0. The van der Waals surface area contributed by atoms with Crippen LogP contribution in [-0.2, 0) is 16.4 Å². The number of hydrogen-bond donors (Lipinski definition) is 0. The first-order chi connectivity index (χ1) is 13.8. The number of allylic oxidation sites excluding steroid dienone is 1. The van der Waals surface area contributed by atoms with E-state index in [1.807, 2.05) is 30.9 Å². The van der Waals surface area contributed by atoms with Gasteiger partial charge in [0.2, 0.25) is 5.78 Å². The van der Waals surface area contributed by atoms with Gasteiger partial charge in [-0.2, -0.15) is 0 Å². The third kappa shape index (κ3) is 3.16. The van der Waals surface area contributed by atoms with Crippen LogP contribution in [0.25, 0.3) is 6.08 Å². The number of furan rings is 1. The standard InChI is InChI=1S/C21H21NO6S/c1-12-7-17-16(9-22(11-26-17)14-5-6-29(24,25)10-14)21-19(12)20(23)18(28-21)8-15-4-3-13(2)27-15/h3-4,7-8,14H,5-6,9-11H2,1-2H3/b18-8-. The summed E-state index contributed by atoms with van der Waals surface area (Å²) in [6.45, 7) is 4.51. The van der Waals surface area contributed by atoms with Gasteiger partial charge in [-0.25, -0.2) is 8.42 Å². The highest BCUT2D eigenvalue weighted by molar-refractivity contribution is 7.91. The van der Waals surface area contributed by atoms with Gasteiger partial charge in [-0.3, -0.25) is 9.69 Å². The van der Waals surface area contributed by atoms with Crippen LogP contribution in [0, 0.1) is 13.8 Å². The van der Waals surface area contributed by atoms with E-state index in [0.717, 1.165) is 16.9 Å². The molecule has 0 bridgehead atoms. The molecule has 1 aromatic heterocycles. The van der Waals surface area contributed by atoms with E-state index in [1.54, 1.807) is 12.1 Å². The number of nitrogens with zero attached hydrogens (tertiary/aromatic N) is 1. The van der Waals surface area contributed by atoms with Gasteiger partial charge in [0.25, 0.3) is 0 Å². The van der Waals surface area contributed by atoms with E-state index in [1.165, 1.54) is 0 Å². The van der Waals surface area contributed by atoms with E-state index >= 15 is 0 Å². The van der Waals surface area contributed by atoms with Crippen LogP contribution in [0.5, 0.6) is 11.5 Å². The van der Waals surface area contributed by atoms with Crippen molar-refractivity contribution in [2.75, 3.05) is 18.2 Å². The Labute approximate surface area is 168 Å². The van der Waals surface area contributed by atoms with E-state index in [9.17, 15) is 13.2 Å². The fourth-order valence-corrected chi connectivity index (χ4v) is 5.97. The van der Waals surface area contributed by atoms with Crippen molar-refractivity contribution in [3.05, 3.63) is 52.2 Å². The zero-order valence-electron chi connectivity index (χ0n) is 16.2. The molecule has 0 spiro atoms. The Hall–Kier alpha value is -2.58. The number of hydrogen-bond acceptors (Lipinski definition) is 7. The minimum Gasteiger partial charge on any atom is -0.478 e. The van der Waals surface area contributed by atoms with Crippen LogP contribution in [0.4, 0.5) is 0 Å². The van der Waals surface area contributed by atoms with Crippen molar-refractivity contribution in [1.82, 2.24) is 4.90 Å². The Bertz CT molecular complexity index is 1160. The van der Waals surface area contributed by atoms with Gasteiger partial charge in [-0.15, -0.1) is 0 Å². The molecule has 1 saturated heterocycles. The number of benzene rings is 1. The van der Waals surface area contributed by atoms with Crippen LogP contribution < -0.4 is 9.47 Å². The van der Waals surface area contributed by atoms with E-state index in [-0.39, 0.29) is 29.1 Å². The maximum atomic E-state index is 13.0. The fourth-order valence-electron chi connectivity index (χ4n) is 4.20. The van der Waals surface area contributed by atoms with Crippen molar-refractivity contribution >= 4 is 21.7 Å². The highest BCUT2D eigenvalue weighted by Crippen LogP contribution is 2.44. The Kier molecular flexibility index (Phi) is 4.11. The molecular weight excluding hydrogens is 394 g/mol. The molecule has 0 aliphatic carbocycles. The molecular formula is C21H21NO6S. The number of aryl methyl sites for hydroxylation is 2. The topological polar surface area (TPSA) is 86.0 Å². The summed E-state index contributed by atoms with van der Waals surface area (Å²) in [6, 6.07) is 5.39. The number of fused-ring (bicyclic) bond motifs is 3. The largest absolute Gasteiger partial charge is 0.478 e. The monoisotopic (exact) mass is 415 g/mol. The minimum absolute atomic E-state index is 0.0803. The number of carbonyl (C=O) groups is 1. The van der Waals surface area contributed by atoms with Crippen molar-refractivity contribution in [2.24, 2.45) is 0 Å². The quantitative estimate of drug-likeness (QED) is 0.697. The van der Waals surface area contributed by atoms with Crippen molar-refractivity contribution in [2.45, 2.75) is 32.9 Å². The van der Waals surface area contributed by atoms with Crippen LogP contribution in [0.2, 0.25) is 0 Å². The summed E-state index contributed by atoms with van der Waals surface area (Å²) in [5.74, 6) is 2.87. The molecule has 3 aliphatic heterocycles. The summed E-state index contributed by atoms with van der Waals surface area (Å²) in [4.78, 5) is 15.0. The molecule has 1 fully saturated rings. The maximum absolute atomic E-state index is 13.0. The zero-order chi connectivity index (χ0) is 20.3. The molecule has 0 saturated carbocycles. The van der Waals surface area contributed by atoms with Crippen molar-refractivity contribution in [3.63, 3.8) is 0 Å². The van der Waals surface area contributed by atoms with Crippen molar-refractivity contribution in [3.8, 4) is 11.5 Å². The van der Waals surface area contributed by atoms with E-state index < -0.39 is 9.84 Å². The SMILES string of the molecule is Cc1ccc(/C=C2\Oc3c4c(cc(C)c3C2=O)OCN(C2CCS(=O)(=O)C2)C4)o1. The second-order valence-corrected chi connectivity index (χ2v) is 10.1. The molecule has 152 valence electrons. The van der Waals surface area contributed by atoms with E-state index in [2.05, 4.69) is 0 Å². The Balaban J connectivity index is 1.49. The maximum Gasteiger partial charge on any atom is 0.232 e. The molecule has 5 rings (SSSR count). The first-order valence-corrected chi connectivity index (χ1v) is 11.4. The predicted octanol–water partition coefficient (Wildman–Crippen LogP) is 2.85. The van der Waals surface area contributed by atoms with Gasteiger partial charge < -0.3 is 13.9 Å². The Morgan fingerprint density at radius 1 is 1.24 bits per heavy atom. The molecule has 0 N–H and O–H groups in total. The third-order valence-corrected chi connectivity index (χ3v) is 7.46. The third-order valence-electron chi connectivity index (χ3n) is 5.71. The van der Waals surface area contributed by atoms with Gasteiger partial charge >= 0.3 is 0 Å². The lowest BCUT2D eigenvalue weighted by atomic mass is 9.98. The molecule has 1 aromatic carbocycles. The van der Waals surface area contributed by atoms with Crippen molar-refractivity contribution in [1.29, 1.82) is 0 Å². The van der Waals surface area contributed by atoms with Crippen LogP contribution in [0.15, 0.2) is 28.4 Å². The summed E-state index contributed by atoms with van der Waals surface area (Å²) >= 11 is 0. The van der Waals surface area contributed by atoms with Crippen LogP contribution in [0.3, 0.4) is 0 Å². The average molecular weight is 415 g/mol. The molecule has 7 nitrogen and oxygen atoms in total. The molecule has 3 aliphatic rings. The first-order valence-electron chi connectivity index (χ1n) is 9.55. The smallest absolute Gasteiger partial charge is 0.232 e. The van der Waals surface area contributed by atoms with Gasteiger partial charge in [0.05, 0.1) is 22.6 Å². The molecule has 0 amide bonds. The predicted molar refractivity (Wildman–Crippen MR) is 106 cm³/mol. The summed E-state index contributed by atoms with van der Waals surface area (Å²) in [5.41, 5.74) is 2.11. The normalized spacial score (nSPS) is 24.3. The highest BCUT2D eigenvalue weighted by atomic mass is 32.2. The van der Waals surface area contributed by atoms with Crippen molar-refractivity contribution < 1.29 is 27.1 Å². The Morgan fingerprint density at radius 2 is 2.07 bits per heavy atom. The van der Waals surface area contributed by atoms with Gasteiger partial charge in [-0.05, 0) is 44.0 Å². The second-order valence-electron chi connectivity index (χ2n) is 7.84. The zero-order valence-corrected chi connectivity index (χ0v) is 17.0. The summed E-state index contributed by atoms with van der Waals surface area (Å²) < 4.78 is 41.2. The lowest BCUT2D eigenvalue weighted by Crippen LogP contribution is -2.41. The number of ether oxygens (including phenoxy) is 2. The minimum atomic E-state index is -2.99. The summed E-state index contributed by atoms with van der Waals surface area (Å²) in [7, 11) is -2.99. The number of Topliss-reactive ketones (excluding diaryl/α,β-unsaturated/α-hetero) is 1. The number of sulfone groups is 1. The molecule has 4 heterocycles. The number of ketones is 1. The lowest BCUT2D eigenvalue weighted by molar-refractivity contribution is 0.0633. The molecule has 8 heteroatoms. The average Bonchev–Trinajstić information content (AvgIpc) is 3.33. The number of carbonyl (C=O) groups excluding carboxylic acids is 1. The first kappa shape index (κ1) is 18.4. The van der Waals surface area contributed by atoms with E-state index in [0.29, 0.717) is 42.5 Å². The molecule has 0 radical (unpaired) electrons. The van der Waals surface area contributed by atoms with Crippen LogP contribution in [-0.4, -0.2) is 43.4 Å². The Morgan fingerprint density at radius 3 is 2.76 bits per heavy atom. The van der Waals surface area contributed by atoms with Crippen LogP contribution >= 0.6 is 0 Å². The summed E-state index contributed by atoms with van der Waals surface area (Å²) in [6.07, 6.45) is 2.20. The second kappa shape index (κ2) is 6.47. The molecule has 1 unspecified atom stereocenters. The lowest BCUT2D eigenvalue weighted by Gasteiger charge is -2.33. The fraction of sp³-hybridized carbons (Fsp3) is 0.381. The van der Waals surface area contributed by atoms with Gasteiger partial charge in [0.1, 0.15) is 29.8 Å². The van der Waals surface area contributed by atoms with Gasteiger partial charge in [0, 0.05) is 18.7 Å². The highest BCUT2D eigenvalue weighted by Gasteiger charge is 2.39. The van der Waals surface area contributed by atoms with Gasteiger partial charge in [-0.1, -0.05) is 0 Å². The molecule has 2 aromatic rings. The van der Waals surface area contributed by atoms with Crippen LogP contribution in [0.1, 0.15) is 39.4 Å². The van der Waals surface area contributed by atoms with E-state index in [4.69, 9.17) is 13.9 Å². The van der Waals surface area contributed by atoms with Gasteiger partial charge in [0.15, 0.2) is 15.6 Å². The molecule has 1 atom stereocenters.